The molecule has 35 heavy (non-hydrogen) atoms. The molecule has 4 rings (SSSR count). The van der Waals surface area contributed by atoms with E-state index in [4.69, 9.17) is 4.74 Å². The highest BCUT2D eigenvalue weighted by atomic mass is 16.5. The normalized spacial score (nSPS) is 16.6. The molecule has 0 spiro atoms. The predicted octanol–water partition coefficient (Wildman–Crippen LogP) is 4.94. The summed E-state index contributed by atoms with van der Waals surface area (Å²) in [5, 5.41) is 12.0. The molecular weight excluding hydrogens is 444 g/mol. The van der Waals surface area contributed by atoms with Crippen LogP contribution in [0.2, 0.25) is 0 Å². The summed E-state index contributed by atoms with van der Waals surface area (Å²) in [6, 6.07) is 15.9. The van der Waals surface area contributed by atoms with E-state index in [-0.39, 0.29) is 11.8 Å². The molecule has 0 aromatic heterocycles. The molecule has 1 aliphatic heterocycles. The maximum atomic E-state index is 12.3. The molecule has 1 fully saturated rings. The summed E-state index contributed by atoms with van der Waals surface area (Å²) < 4.78 is 5.55. The summed E-state index contributed by atoms with van der Waals surface area (Å²) in [6.45, 7) is 1.43. The van der Waals surface area contributed by atoms with Gasteiger partial charge in [0, 0.05) is 25.4 Å². The quantitative estimate of drug-likeness (QED) is 0.446. The van der Waals surface area contributed by atoms with E-state index in [0.717, 1.165) is 38.5 Å². The molecule has 1 heterocycles. The van der Waals surface area contributed by atoms with Crippen LogP contribution in [0.1, 0.15) is 68.4 Å². The number of likely N-dealkylation sites (tertiary alicyclic amines) is 1. The van der Waals surface area contributed by atoms with Gasteiger partial charge in [0.05, 0.1) is 0 Å². The number of carbonyl (C=O) groups excluding carboxylic acids is 2. The topological polar surface area (TPSA) is 95.9 Å². The van der Waals surface area contributed by atoms with E-state index < -0.39 is 18.1 Å². The van der Waals surface area contributed by atoms with Crippen LogP contribution < -0.4 is 5.32 Å². The van der Waals surface area contributed by atoms with Crippen molar-refractivity contribution in [2.24, 2.45) is 0 Å². The van der Waals surface area contributed by atoms with Gasteiger partial charge < -0.3 is 20.1 Å². The number of carbonyl (C=O) groups is 3. The van der Waals surface area contributed by atoms with Crippen LogP contribution in [0.5, 0.6) is 0 Å². The van der Waals surface area contributed by atoms with Gasteiger partial charge in [-0.05, 0) is 47.9 Å². The third-order valence-corrected chi connectivity index (χ3v) is 7.04. The molecule has 2 aliphatic rings. The van der Waals surface area contributed by atoms with Crippen LogP contribution in [-0.4, -0.2) is 53.7 Å². The van der Waals surface area contributed by atoms with Gasteiger partial charge in [0.1, 0.15) is 12.6 Å². The lowest BCUT2D eigenvalue weighted by Gasteiger charge is -2.21. The van der Waals surface area contributed by atoms with Crippen molar-refractivity contribution < 1.29 is 24.2 Å². The van der Waals surface area contributed by atoms with Crippen LogP contribution in [0.25, 0.3) is 11.1 Å². The number of fused-ring (bicyclic) bond motifs is 3. The van der Waals surface area contributed by atoms with E-state index >= 15 is 0 Å². The number of unbranched alkanes of at least 4 members (excludes halogenated alkanes) is 4. The molecule has 1 aliphatic carbocycles. The van der Waals surface area contributed by atoms with Crippen molar-refractivity contribution in [3.63, 3.8) is 0 Å². The minimum Gasteiger partial charge on any atom is -0.480 e. The van der Waals surface area contributed by atoms with Gasteiger partial charge in [-0.3, -0.25) is 4.79 Å². The van der Waals surface area contributed by atoms with E-state index in [1.807, 2.05) is 24.3 Å². The zero-order chi connectivity index (χ0) is 24.6. The van der Waals surface area contributed by atoms with Gasteiger partial charge >= 0.3 is 12.1 Å². The molecule has 1 atom stereocenters. The molecule has 1 unspecified atom stereocenters. The largest absolute Gasteiger partial charge is 0.480 e. The van der Waals surface area contributed by atoms with Crippen molar-refractivity contribution >= 4 is 18.0 Å². The Morgan fingerprint density at radius 2 is 1.54 bits per heavy atom. The summed E-state index contributed by atoms with van der Waals surface area (Å²) in [5.41, 5.74) is 4.81. The molecule has 186 valence electrons. The smallest absolute Gasteiger partial charge is 0.407 e. The maximum absolute atomic E-state index is 12.3. The SMILES string of the molecule is O=C(NCCCCCCCC(=O)N1CCCC1C(=O)O)OCC1c2ccccc2-c2ccccc21. The van der Waals surface area contributed by atoms with Gasteiger partial charge in [0.25, 0.3) is 0 Å². The fourth-order valence-electron chi connectivity index (χ4n) is 5.24. The van der Waals surface area contributed by atoms with Gasteiger partial charge in [0.2, 0.25) is 5.91 Å². The highest BCUT2D eigenvalue weighted by molar-refractivity contribution is 5.84. The minimum atomic E-state index is -0.903. The summed E-state index contributed by atoms with van der Waals surface area (Å²) in [5.74, 6) is -0.895. The summed E-state index contributed by atoms with van der Waals surface area (Å²) in [7, 11) is 0. The first-order valence-electron chi connectivity index (χ1n) is 12.7. The molecular formula is C28H34N2O5. The fourth-order valence-corrected chi connectivity index (χ4v) is 5.24. The minimum absolute atomic E-state index is 0.0492. The third kappa shape index (κ3) is 6.02. The van der Waals surface area contributed by atoms with Gasteiger partial charge in [0.15, 0.2) is 0 Å². The average molecular weight is 479 g/mol. The van der Waals surface area contributed by atoms with E-state index in [9.17, 15) is 19.5 Å². The van der Waals surface area contributed by atoms with Crippen LogP contribution >= 0.6 is 0 Å². The van der Waals surface area contributed by atoms with Crippen LogP contribution in [0.15, 0.2) is 48.5 Å². The number of alkyl carbamates (subject to hydrolysis) is 1. The van der Waals surface area contributed by atoms with Crippen molar-refractivity contribution in [2.75, 3.05) is 19.7 Å². The Hall–Kier alpha value is -3.35. The fraction of sp³-hybridized carbons (Fsp3) is 0.464. The predicted molar refractivity (Wildman–Crippen MR) is 133 cm³/mol. The molecule has 2 aromatic rings. The van der Waals surface area contributed by atoms with Gasteiger partial charge in [-0.2, -0.15) is 0 Å². The first-order chi connectivity index (χ1) is 17.1. The van der Waals surface area contributed by atoms with Gasteiger partial charge in [-0.15, -0.1) is 0 Å². The Kier molecular flexibility index (Phi) is 8.40. The maximum Gasteiger partial charge on any atom is 0.407 e. The third-order valence-electron chi connectivity index (χ3n) is 7.04. The second-order valence-corrected chi connectivity index (χ2v) is 9.35. The monoisotopic (exact) mass is 478 g/mol. The summed E-state index contributed by atoms with van der Waals surface area (Å²) >= 11 is 0. The number of hydrogen-bond acceptors (Lipinski definition) is 4. The summed E-state index contributed by atoms with van der Waals surface area (Å²) in [6.07, 6.45) is 5.80. The molecule has 2 aromatic carbocycles. The van der Waals surface area contributed by atoms with Crippen LogP contribution in [-0.2, 0) is 14.3 Å². The Morgan fingerprint density at radius 1 is 0.914 bits per heavy atom. The number of carboxylic acids is 1. The second-order valence-electron chi connectivity index (χ2n) is 9.35. The number of benzene rings is 2. The number of amides is 2. The van der Waals surface area contributed by atoms with E-state index in [2.05, 4.69) is 29.6 Å². The average Bonchev–Trinajstić information content (AvgIpc) is 3.48. The van der Waals surface area contributed by atoms with E-state index in [0.29, 0.717) is 32.5 Å². The highest BCUT2D eigenvalue weighted by Gasteiger charge is 2.33. The van der Waals surface area contributed by atoms with Crippen molar-refractivity contribution in [1.82, 2.24) is 10.2 Å². The first kappa shape index (κ1) is 24.8. The van der Waals surface area contributed by atoms with Crippen LogP contribution in [0.3, 0.4) is 0 Å². The molecule has 2 N–H and O–H groups in total. The number of carboxylic acid groups (broad SMARTS) is 1. The van der Waals surface area contributed by atoms with E-state index in [1.54, 1.807) is 0 Å². The Bertz CT molecular complexity index is 1010. The first-order valence-corrected chi connectivity index (χ1v) is 12.7. The van der Waals surface area contributed by atoms with Crippen molar-refractivity contribution in [1.29, 1.82) is 0 Å². The van der Waals surface area contributed by atoms with Crippen molar-refractivity contribution in [2.45, 2.75) is 63.3 Å². The molecule has 7 nitrogen and oxygen atoms in total. The second kappa shape index (κ2) is 11.9. The highest BCUT2D eigenvalue weighted by Crippen LogP contribution is 2.44. The number of ether oxygens (including phenoxy) is 1. The lowest BCUT2D eigenvalue weighted by molar-refractivity contribution is -0.148. The number of hydrogen-bond donors (Lipinski definition) is 2. The zero-order valence-electron chi connectivity index (χ0n) is 20.1. The molecule has 0 radical (unpaired) electrons. The van der Waals surface area contributed by atoms with Crippen LogP contribution in [0, 0.1) is 0 Å². The van der Waals surface area contributed by atoms with Gasteiger partial charge in [-0.1, -0.05) is 67.8 Å². The lowest BCUT2D eigenvalue weighted by atomic mass is 9.98. The number of nitrogens with zero attached hydrogens (tertiary/aromatic N) is 1. The Balaban J connectivity index is 1.08. The number of nitrogens with one attached hydrogen (secondary N) is 1. The zero-order valence-corrected chi connectivity index (χ0v) is 20.1. The standard InChI is InChI=1S/C28H34N2O5/c31-26(30-18-10-15-25(30)27(32)33)16-4-2-1-3-9-17-29-28(34)35-19-24-22-13-7-5-11-20(22)21-12-6-8-14-23(21)24/h5-8,11-14,24-25H,1-4,9-10,15-19H2,(H,29,34)(H,32,33). The van der Waals surface area contributed by atoms with E-state index in [1.165, 1.54) is 27.2 Å². The summed E-state index contributed by atoms with van der Waals surface area (Å²) in [4.78, 5) is 37.2. The Morgan fingerprint density at radius 3 is 2.23 bits per heavy atom. The number of aliphatic carboxylic acids is 1. The van der Waals surface area contributed by atoms with Crippen molar-refractivity contribution in [3.8, 4) is 11.1 Å². The number of rotatable bonds is 11. The molecule has 1 saturated heterocycles. The van der Waals surface area contributed by atoms with Gasteiger partial charge in [-0.25, -0.2) is 9.59 Å². The molecule has 0 bridgehead atoms. The molecule has 7 heteroatoms. The molecule has 0 saturated carbocycles. The van der Waals surface area contributed by atoms with Crippen molar-refractivity contribution in [3.05, 3.63) is 59.7 Å². The Labute approximate surface area is 206 Å². The lowest BCUT2D eigenvalue weighted by Crippen LogP contribution is -2.40. The van der Waals surface area contributed by atoms with Crippen LogP contribution in [0.4, 0.5) is 4.79 Å². The molecule has 2 amide bonds.